The van der Waals surface area contributed by atoms with Crippen LogP contribution in [0.5, 0.6) is 5.75 Å². The molecule has 0 aliphatic carbocycles. The van der Waals surface area contributed by atoms with Crippen LogP contribution in [0, 0.1) is 12.8 Å². The number of esters is 1. The van der Waals surface area contributed by atoms with E-state index < -0.39 is 5.97 Å². The van der Waals surface area contributed by atoms with Gasteiger partial charge in [-0.25, -0.2) is 9.78 Å². The molecule has 3 rings (SSSR count). The Labute approximate surface area is 206 Å². The van der Waals surface area contributed by atoms with Gasteiger partial charge in [-0.15, -0.1) is 0 Å². The van der Waals surface area contributed by atoms with Crippen LogP contribution >= 0.6 is 0 Å². The molecule has 2 aromatic heterocycles. The molecule has 35 heavy (non-hydrogen) atoms. The number of imidazole rings is 1. The number of amides is 1. The van der Waals surface area contributed by atoms with Crippen LogP contribution in [0.25, 0.3) is 11.8 Å². The van der Waals surface area contributed by atoms with Crippen LogP contribution in [0.1, 0.15) is 43.3 Å². The first-order valence-corrected chi connectivity index (χ1v) is 11.5. The Morgan fingerprint density at radius 2 is 1.89 bits per heavy atom. The third kappa shape index (κ3) is 5.82. The average Bonchev–Trinajstić information content (AvgIpc) is 3.39. The van der Waals surface area contributed by atoms with E-state index in [1.165, 1.54) is 13.2 Å². The lowest BCUT2D eigenvalue weighted by Gasteiger charge is -2.28. The third-order valence-electron chi connectivity index (χ3n) is 5.77. The molecule has 1 amide bonds. The van der Waals surface area contributed by atoms with Crippen LogP contribution in [0.3, 0.4) is 0 Å². The fourth-order valence-corrected chi connectivity index (χ4v) is 3.91. The highest BCUT2D eigenvalue weighted by molar-refractivity contribution is 6.17. The number of carbonyl (C=O) groups excluding carboxylic acids is 2. The van der Waals surface area contributed by atoms with E-state index in [-0.39, 0.29) is 17.8 Å². The van der Waals surface area contributed by atoms with Crippen LogP contribution in [0.4, 0.5) is 5.82 Å². The molecule has 0 aliphatic rings. The first kappa shape index (κ1) is 25.8. The highest BCUT2D eigenvalue weighted by Crippen LogP contribution is 2.29. The van der Waals surface area contributed by atoms with Gasteiger partial charge in [0.2, 0.25) is 5.91 Å². The summed E-state index contributed by atoms with van der Waals surface area (Å²) in [7, 11) is 6.67. The molecule has 0 saturated heterocycles. The molecule has 0 aliphatic heterocycles. The molecule has 0 bridgehead atoms. The van der Waals surface area contributed by atoms with Gasteiger partial charge in [0.15, 0.2) is 5.82 Å². The number of benzene rings is 1. The van der Waals surface area contributed by atoms with Gasteiger partial charge in [-0.05, 0) is 43.2 Å². The van der Waals surface area contributed by atoms with Crippen LogP contribution in [-0.4, -0.2) is 53.3 Å². The van der Waals surface area contributed by atoms with E-state index in [0.717, 1.165) is 22.8 Å². The number of rotatable bonds is 9. The van der Waals surface area contributed by atoms with Crippen molar-refractivity contribution in [3.05, 3.63) is 59.8 Å². The first-order chi connectivity index (χ1) is 16.7. The van der Waals surface area contributed by atoms with Crippen molar-refractivity contribution in [1.29, 1.82) is 0 Å². The summed E-state index contributed by atoms with van der Waals surface area (Å²) in [6, 6.07) is 9.50. The Bertz CT molecular complexity index is 1210. The van der Waals surface area contributed by atoms with Crippen LogP contribution in [-0.2, 0) is 21.4 Å². The Balaban J connectivity index is 1.99. The van der Waals surface area contributed by atoms with Gasteiger partial charge in [0.05, 0.1) is 31.9 Å². The first-order valence-electron chi connectivity index (χ1n) is 11.5. The van der Waals surface area contributed by atoms with Crippen molar-refractivity contribution in [2.45, 2.75) is 33.1 Å². The molecular weight excluding hydrogens is 445 g/mol. The lowest BCUT2D eigenvalue weighted by atomic mass is 9.89. The van der Waals surface area contributed by atoms with E-state index in [4.69, 9.17) is 4.74 Å². The quantitative estimate of drug-likeness (QED) is 0.268. The molecule has 1 aromatic carbocycles. The normalized spacial score (nSPS) is 12.2. The molecular formula is C25H32BN5O4. The maximum Gasteiger partial charge on any atom is 0.330 e. The molecule has 0 fully saturated rings. The molecule has 0 saturated carbocycles. The number of carbonyl (C=O) groups is 2. The van der Waals surface area contributed by atoms with Gasteiger partial charge >= 0.3 is 5.97 Å². The number of hydrogen-bond acceptors (Lipinski definition) is 6. The summed E-state index contributed by atoms with van der Waals surface area (Å²) < 4.78 is 13.5. The summed E-state index contributed by atoms with van der Waals surface area (Å²) in [5, 5.41) is 4.57. The second kappa shape index (κ2) is 11.1. The van der Waals surface area contributed by atoms with E-state index in [2.05, 4.69) is 14.8 Å². The standard InChI is InChI=1S/C25H32BN5O4/c1-16(2)13-22(32)31(21-14-19(29(4)28-21)9-12-23(33)35-6)25(26)24-17(3)30(15-27-24)18-7-10-20(34-5)11-8-18/h7-12,14-16,25H,13,26H2,1-6H3/b12-9+. The topological polar surface area (TPSA) is 91.5 Å². The molecule has 9 nitrogen and oxygen atoms in total. The smallest absolute Gasteiger partial charge is 0.330 e. The van der Waals surface area contributed by atoms with Crippen molar-refractivity contribution < 1.29 is 19.1 Å². The Morgan fingerprint density at radius 3 is 2.49 bits per heavy atom. The average molecular weight is 477 g/mol. The predicted molar refractivity (Wildman–Crippen MR) is 137 cm³/mol. The molecule has 1 unspecified atom stereocenters. The zero-order valence-electron chi connectivity index (χ0n) is 21.3. The number of nitrogens with zero attached hydrogens (tertiary/aromatic N) is 5. The SMILES string of the molecule is BC(c1ncn(-c2ccc(OC)cc2)c1C)N(C(=O)CC(C)C)c1cc(/C=C/C(=O)OC)n(C)n1. The van der Waals surface area contributed by atoms with Gasteiger partial charge in [-0.1, -0.05) is 13.8 Å². The van der Waals surface area contributed by atoms with Crippen molar-refractivity contribution in [3.8, 4) is 11.4 Å². The maximum atomic E-state index is 13.4. The summed E-state index contributed by atoms with van der Waals surface area (Å²) in [4.78, 5) is 31.3. The largest absolute Gasteiger partial charge is 0.497 e. The fourth-order valence-electron chi connectivity index (χ4n) is 3.91. The van der Waals surface area contributed by atoms with Gasteiger partial charge in [0.1, 0.15) is 13.6 Å². The number of anilines is 1. The summed E-state index contributed by atoms with van der Waals surface area (Å²) >= 11 is 0. The van der Waals surface area contributed by atoms with Gasteiger partial charge < -0.3 is 14.0 Å². The number of aromatic nitrogens is 4. The monoisotopic (exact) mass is 477 g/mol. The Morgan fingerprint density at radius 1 is 1.20 bits per heavy atom. The molecule has 1 atom stereocenters. The third-order valence-corrected chi connectivity index (χ3v) is 5.77. The molecule has 184 valence electrons. The number of ether oxygens (including phenoxy) is 2. The van der Waals surface area contributed by atoms with Gasteiger partial charge in [0, 0.05) is 42.9 Å². The van der Waals surface area contributed by atoms with Crippen LogP contribution in [0.15, 0.2) is 42.7 Å². The van der Waals surface area contributed by atoms with Gasteiger partial charge in [-0.3, -0.25) is 14.4 Å². The number of methoxy groups -OCH3 is 2. The van der Waals surface area contributed by atoms with E-state index >= 15 is 0 Å². The molecule has 0 spiro atoms. The fraction of sp³-hybridized carbons (Fsp3) is 0.360. The van der Waals surface area contributed by atoms with Crippen molar-refractivity contribution in [1.82, 2.24) is 19.3 Å². The van der Waals surface area contributed by atoms with Gasteiger partial charge in [-0.2, -0.15) is 5.10 Å². The molecule has 2 heterocycles. The summed E-state index contributed by atoms with van der Waals surface area (Å²) in [5.41, 5.74) is 3.31. The Hall–Kier alpha value is -3.82. The van der Waals surface area contributed by atoms with Crippen LogP contribution in [0.2, 0.25) is 0 Å². The van der Waals surface area contributed by atoms with Crippen LogP contribution < -0.4 is 9.64 Å². The lowest BCUT2D eigenvalue weighted by Crippen LogP contribution is -2.37. The minimum atomic E-state index is -0.464. The van der Waals surface area contributed by atoms with Crippen molar-refractivity contribution in [2.24, 2.45) is 13.0 Å². The second-order valence-electron chi connectivity index (χ2n) is 8.73. The number of hydrogen-bond donors (Lipinski definition) is 0. The minimum Gasteiger partial charge on any atom is -0.497 e. The van der Waals surface area contributed by atoms with Crippen molar-refractivity contribution in [2.75, 3.05) is 19.1 Å². The van der Waals surface area contributed by atoms with Gasteiger partial charge in [0.25, 0.3) is 0 Å². The minimum absolute atomic E-state index is 0.0486. The summed E-state index contributed by atoms with van der Waals surface area (Å²) in [6.07, 6.45) is 5.07. The second-order valence-corrected chi connectivity index (χ2v) is 8.73. The Kier molecular flexibility index (Phi) is 8.16. The highest BCUT2D eigenvalue weighted by atomic mass is 16.5. The molecule has 3 aromatic rings. The van der Waals surface area contributed by atoms with E-state index in [1.54, 1.807) is 42.2 Å². The summed E-state index contributed by atoms with van der Waals surface area (Å²) in [6.45, 7) is 6.00. The lowest BCUT2D eigenvalue weighted by molar-refractivity contribution is -0.134. The maximum absolute atomic E-state index is 13.4. The zero-order chi connectivity index (χ0) is 25.7. The molecule has 10 heteroatoms. The van der Waals surface area contributed by atoms with Crippen molar-refractivity contribution in [3.63, 3.8) is 0 Å². The number of aryl methyl sites for hydroxylation is 1. The van der Waals surface area contributed by atoms with E-state index in [0.29, 0.717) is 17.9 Å². The van der Waals surface area contributed by atoms with Crippen molar-refractivity contribution >= 4 is 31.6 Å². The van der Waals surface area contributed by atoms with E-state index in [1.807, 2.05) is 57.5 Å². The molecule has 0 radical (unpaired) electrons. The predicted octanol–water partition coefficient (Wildman–Crippen LogP) is 2.82. The van der Waals surface area contributed by atoms with E-state index in [9.17, 15) is 9.59 Å². The highest BCUT2D eigenvalue weighted by Gasteiger charge is 2.29. The summed E-state index contributed by atoms with van der Waals surface area (Å²) in [5.74, 6) is 0.568. The zero-order valence-corrected chi connectivity index (χ0v) is 21.3. The molecule has 0 N–H and O–H groups in total.